The molecule has 0 radical (unpaired) electrons. The highest BCUT2D eigenvalue weighted by Gasteiger charge is 2.17. The van der Waals surface area contributed by atoms with E-state index in [1.807, 2.05) is 29.0 Å². The van der Waals surface area contributed by atoms with E-state index in [0.717, 1.165) is 28.6 Å². The van der Waals surface area contributed by atoms with Crippen molar-refractivity contribution in [2.24, 2.45) is 0 Å². The van der Waals surface area contributed by atoms with Crippen LogP contribution in [0.5, 0.6) is 0 Å². The van der Waals surface area contributed by atoms with Gasteiger partial charge in [-0.15, -0.1) is 0 Å². The first-order chi connectivity index (χ1) is 14.6. The monoisotopic (exact) mass is 407 g/mol. The van der Waals surface area contributed by atoms with Crippen LogP contribution in [0.3, 0.4) is 0 Å². The summed E-state index contributed by atoms with van der Waals surface area (Å²) in [5.41, 5.74) is 2.98. The molecule has 0 bridgehead atoms. The molecular formula is C25H30FN3O. The molecule has 0 aliphatic heterocycles. The highest BCUT2D eigenvalue weighted by atomic mass is 19.1. The molecule has 158 valence electrons. The van der Waals surface area contributed by atoms with Crippen molar-refractivity contribution in [2.75, 3.05) is 20.1 Å². The lowest BCUT2D eigenvalue weighted by molar-refractivity contribution is -0.121. The van der Waals surface area contributed by atoms with Crippen molar-refractivity contribution in [3.63, 3.8) is 0 Å². The number of likely N-dealkylation sites (N-methyl/N-ethyl adjacent to an activating group) is 1. The smallest absolute Gasteiger partial charge is 0.239 e. The third-order valence-electron chi connectivity index (χ3n) is 6.25. The summed E-state index contributed by atoms with van der Waals surface area (Å²) in [6.07, 6.45) is 8.50. The molecule has 3 aromatic rings. The molecule has 1 aliphatic rings. The number of aromatic nitrogens is 1. The summed E-state index contributed by atoms with van der Waals surface area (Å²) in [5, 5.41) is 4.15. The minimum absolute atomic E-state index is 0.0247. The van der Waals surface area contributed by atoms with Crippen LogP contribution < -0.4 is 5.32 Å². The van der Waals surface area contributed by atoms with Gasteiger partial charge >= 0.3 is 0 Å². The topological polar surface area (TPSA) is 37.3 Å². The number of halogens is 1. The Bertz CT molecular complexity index is 989. The maximum Gasteiger partial charge on any atom is 0.239 e. The van der Waals surface area contributed by atoms with Gasteiger partial charge in [-0.2, -0.15) is 0 Å². The van der Waals surface area contributed by atoms with Gasteiger partial charge in [0.2, 0.25) is 5.91 Å². The molecule has 1 N–H and O–H groups in total. The molecule has 1 saturated carbocycles. The van der Waals surface area contributed by atoms with Gasteiger partial charge in [-0.1, -0.05) is 43.5 Å². The normalized spacial score (nSPS) is 15.0. The first-order valence-corrected chi connectivity index (χ1v) is 10.9. The number of nitrogens with zero attached hydrogens (tertiary/aromatic N) is 2. The van der Waals surface area contributed by atoms with Crippen LogP contribution >= 0.6 is 0 Å². The standard InChI is InChI=1S/C25H30FN3O/c1-28(23-5-3-2-4-6-23)16-14-27-25(30)18-29-15-13-20-7-8-21(17-24(20)29)19-9-11-22(26)12-10-19/h7-13,15,17,23H,2-6,14,16,18H2,1H3,(H,27,30). The van der Waals surface area contributed by atoms with E-state index in [4.69, 9.17) is 0 Å². The van der Waals surface area contributed by atoms with E-state index in [1.165, 1.54) is 44.2 Å². The molecule has 2 aromatic carbocycles. The third kappa shape index (κ3) is 4.90. The summed E-state index contributed by atoms with van der Waals surface area (Å²) in [7, 11) is 2.17. The van der Waals surface area contributed by atoms with E-state index in [-0.39, 0.29) is 11.7 Å². The molecule has 0 saturated heterocycles. The highest BCUT2D eigenvalue weighted by Crippen LogP contribution is 2.25. The van der Waals surface area contributed by atoms with Gasteiger partial charge in [0.15, 0.2) is 0 Å². The van der Waals surface area contributed by atoms with Gasteiger partial charge in [-0.05, 0) is 60.7 Å². The highest BCUT2D eigenvalue weighted by molar-refractivity contribution is 5.87. The van der Waals surface area contributed by atoms with Gasteiger partial charge in [-0.25, -0.2) is 4.39 Å². The number of amides is 1. The molecule has 30 heavy (non-hydrogen) atoms. The van der Waals surface area contributed by atoms with Crippen LogP contribution in [-0.2, 0) is 11.3 Å². The zero-order chi connectivity index (χ0) is 20.9. The minimum atomic E-state index is -0.242. The number of hydrogen-bond acceptors (Lipinski definition) is 2. The van der Waals surface area contributed by atoms with Crippen molar-refractivity contribution < 1.29 is 9.18 Å². The predicted octanol–water partition coefficient (Wildman–Crippen LogP) is 4.83. The van der Waals surface area contributed by atoms with Gasteiger partial charge in [0.25, 0.3) is 0 Å². The Labute approximate surface area is 177 Å². The van der Waals surface area contributed by atoms with Crippen LogP contribution in [0.4, 0.5) is 4.39 Å². The average Bonchev–Trinajstić information content (AvgIpc) is 3.16. The van der Waals surface area contributed by atoms with Crippen molar-refractivity contribution in [3.05, 3.63) is 60.5 Å². The Hall–Kier alpha value is -2.66. The summed E-state index contributed by atoms with van der Waals surface area (Å²) >= 11 is 0. The minimum Gasteiger partial charge on any atom is -0.353 e. The Balaban J connectivity index is 1.36. The number of carbonyl (C=O) groups is 1. The molecule has 1 aromatic heterocycles. The first kappa shape index (κ1) is 20.6. The summed E-state index contributed by atoms with van der Waals surface area (Å²) in [6, 6.07) is 15.3. The Kier molecular flexibility index (Phi) is 6.48. The molecule has 4 nitrogen and oxygen atoms in total. The van der Waals surface area contributed by atoms with Gasteiger partial charge in [0.05, 0.1) is 0 Å². The van der Waals surface area contributed by atoms with Crippen molar-refractivity contribution in [2.45, 2.75) is 44.7 Å². The van der Waals surface area contributed by atoms with E-state index >= 15 is 0 Å². The lowest BCUT2D eigenvalue weighted by atomic mass is 9.94. The lowest BCUT2D eigenvalue weighted by Crippen LogP contribution is -2.40. The fourth-order valence-electron chi connectivity index (χ4n) is 4.43. The predicted molar refractivity (Wildman–Crippen MR) is 120 cm³/mol. The number of nitrogens with one attached hydrogen (secondary N) is 1. The van der Waals surface area contributed by atoms with Crippen molar-refractivity contribution in [3.8, 4) is 11.1 Å². The summed E-state index contributed by atoms with van der Waals surface area (Å²) in [6.45, 7) is 1.85. The van der Waals surface area contributed by atoms with Crippen LogP contribution in [0.2, 0.25) is 0 Å². The quantitative estimate of drug-likeness (QED) is 0.609. The van der Waals surface area contributed by atoms with E-state index < -0.39 is 0 Å². The van der Waals surface area contributed by atoms with E-state index in [9.17, 15) is 9.18 Å². The molecule has 5 heteroatoms. The second-order valence-corrected chi connectivity index (χ2v) is 8.35. The molecule has 4 rings (SSSR count). The van der Waals surface area contributed by atoms with E-state index in [0.29, 0.717) is 19.1 Å². The van der Waals surface area contributed by atoms with E-state index in [1.54, 1.807) is 12.1 Å². The summed E-state index contributed by atoms with van der Waals surface area (Å²) in [5.74, 6) is -0.217. The lowest BCUT2D eigenvalue weighted by Gasteiger charge is -2.31. The molecule has 0 spiro atoms. The first-order valence-electron chi connectivity index (χ1n) is 10.9. The van der Waals surface area contributed by atoms with Crippen molar-refractivity contribution in [1.82, 2.24) is 14.8 Å². The van der Waals surface area contributed by atoms with Crippen molar-refractivity contribution >= 4 is 16.8 Å². The molecule has 0 atom stereocenters. The maximum absolute atomic E-state index is 13.2. The van der Waals surface area contributed by atoms with Crippen LogP contribution in [0.15, 0.2) is 54.7 Å². The number of fused-ring (bicyclic) bond motifs is 1. The molecule has 1 heterocycles. The fraction of sp³-hybridized carbons (Fsp3) is 0.400. The second-order valence-electron chi connectivity index (χ2n) is 8.35. The summed E-state index contributed by atoms with van der Waals surface area (Å²) < 4.78 is 15.2. The second kappa shape index (κ2) is 9.43. The largest absolute Gasteiger partial charge is 0.353 e. The van der Waals surface area contributed by atoms with E-state index in [2.05, 4.69) is 23.3 Å². The number of carbonyl (C=O) groups excluding carboxylic acids is 1. The molecule has 1 aliphatic carbocycles. The Morgan fingerprint density at radius 3 is 2.57 bits per heavy atom. The zero-order valence-electron chi connectivity index (χ0n) is 17.6. The Morgan fingerprint density at radius 1 is 1.07 bits per heavy atom. The van der Waals surface area contributed by atoms with Crippen molar-refractivity contribution in [1.29, 1.82) is 0 Å². The third-order valence-corrected chi connectivity index (χ3v) is 6.25. The fourth-order valence-corrected chi connectivity index (χ4v) is 4.43. The number of benzene rings is 2. The molecule has 1 amide bonds. The van der Waals surface area contributed by atoms with Crippen LogP contribution in [-0.4, -0.2) is 41.6 Å². The van der Waals surface area contributed by atoms with Crippen LogP contribution in [0.1, 0.15) is 32.1 Å². The zero-order valence-corrected chi connectivity index (χ0v) is 17.6. The average molecular weight is 408 g/mol. The van der Waals surface area contributed by atoms with Gasteiger partial charge in [0.1, 0.15) is 12.4 Å². The SMILES string of the molecule is CN(CCNC(=O)Cn1ccc2ccc(-c3ccc(F)cc3)cc21)C1CCCCC1. The van der Waals surface area contributed by atoms with Crippen LogP contribution in [0, 0.1) is 5.82 Å². The number of rotatable bonds is 7. The van der Waals surface area contributed by atoms with Gasteiger partial charge in [0, 0.05) is 30.8 Å². The molecule has 1 fully saturated rings. The van der Waals surface area contributed by atoms with Gasteiger partial charge in [-0.3, -0.25) is 4.79 Å². The maximum atomic E-state index is 13.2. The van der Waals surface area contributed by atoms with Crippen LogP contribution in [0.25, 0.3) is 22.0 Å². The Morgan fingerprint density at radius 2 is 1.80 bits per heavy atom. The molecule has 0 unspecified atom stereocenters. The molecular weight excluding hydrogens is 377 g/mol. The number of hydrogen-bond donors (Lipinski definition) is 1. The van der Waals surface area contributed by atoms with Gasteiger partial charge < -0.3 is 14.8 Å². The summed E-state index contributed by atoms with van der Waals surface area (Å²) in [4.78, 5) is 14.9.